The second kappa shape index (κ2) is 7.10. The molecule has 1 aromatic carbocycles. The Morgan fingerprint density at radius 1 is 1.39 bits per heavy atom. The summed E-state index contributed by atoms with van der Waals surface area (Å²) < 4.78 is 22.5. The number of aliphatic hydroxyl groups excluding tert-OH is 1. The molecule has 2 unspecified atom stereocenters. The van der Waals surface area contributed by atoms with Crippen molar-refractivity contribution in [3.05, 3.63) is 46.4 Å². The number of hydrogen-bond donors (Lipinski definition) is 5. The van der Waals surface area contributed by atoms with E-state index in [4.69, 9.17) is 0 Å². The maximum atomic E-state index is 12.6. The number of aromatic amines is 1. The maximum absolute atomic E-state index is 12.6. The van der Waals surface area contributed by atoms with Gasteiger partial charge in [0.25, 0.3) is 5.56 Å². The van der Waals surface area contributed by atoms with Crippen molar-refractivity contribution in [3.63, 3.8) is 0 Å². The van der Waals surface area contributed by atoms with Crippen LogP contribution in [0.3, 0.4) is 0 Å². The molecule has 9 nitrogen and oxygen atoms in total. The standard InChI is InChI=1S/C21H23N5O4S/c1-11-19(27)14-10-13(4-5-17(14)31(11,29)30)24-20-18-16(7-9-23-21(18)28)26(25-20)15(6-8-22)12-2-3-12/h4-5,7,9-12,15,19,27,29-30H,2-3,6H2,1H3,(H,23,28)(H,24,25)/t11?,15-,19?/m0/s1. The van der Waals surface area contributed by atoms with E-state index in [2.05, 4.69) is 21.5 Å². The highest BCUT2D eigenvalue weighted by molar-refractivity contribution is 8.25. The molecule has 3 atom stereocenters. The smallest absolute Gasteiger partial charge is 0.261 e. The van der Waals surface area contributed by atoms with Gasteiger partial charge in [-0.3, -0.25) is 18.6 Å². The summed E-state index contributed by atoms with van der Waals surface area (Å²) in [5.41, 5.74) is 1.39. The van der Waals surface area contributed by atoms with Gasteiger partial charge in [-0.05, 0) is 49.9 Å². The third-order valence-electron chi connectivity index (χ3n) is 6.29. The summed E-state index contributed by atoms with van der Waals surface area (Å²) >= 11 is 0. The van der Waals surface area contributed by atoms with Crippen molar-refractivity contribution in [2.75, 3.05) is 5.32 Å². The number of aromatic nitrogens is 3. The van der Waals surface area contributed by atoms with Crippen LogP contribution in [0.2, 0.25) is 0 Å². The molecule has 0 radical (unpaired) electrons. The van der Waals surface area contributed by atoms with Gasteiger partial charge in [-0.1, -0.05) is 0 Å². The molecule has 0 saturated heterocycles. The molecule has 0 spiro atoms. The SMILES string of the molecule is CC1C(O)c2cc(Nc3nn([C@@H](CC#N)C4CC4)c4cc[nH]c(=O)c34)ccc2S1(O)O. The van der Waals surface area contributed by atoms with Gasteiger partial charge in [0.2, 0.25) is 0 Å². The summed E-state index contributed by atoms with van der Waals surface area (Å²) in [4.78, 5) is 15.6. The van der Waals surface area contributed by atoms with Crippen molar-refractivity contribution < 1.29 is 14.2 Å². The first-order valence-electron chi connectivity index (χ1n) is 10.2. The predicted octanol–water partition coefficient (Wildman–Crippen LogP) is 3.88. The fraction of sp³-hybridized carbons (Fsp3) is 0.381. The number of H-pyrrole nitrogens is 1. The van der Waals surface area contributed by atoms with Crippen LogP contribution in [0.15, 0.2) is 40.2 Å². The molecule has 162 valence electrons. The molecule has 3 heterocycles. The van der Waals surface area contributed by atoms with Gasteiger partial charge in [0.1, 0.15) is 11.5 Å². The van der Waals surface area contributed by atoms with E-state index in [9.17, 15) is 24.3 Å². The highest BCUT2D eigenvalue weighted by atomic mass is 32.3. The van der Waals surface area contributed by atoms with Crippen LogP contribution in [0.1, 0.15) is 43.9 Å². The molecule has 5 rings (SSSR count). The van der Waals surface area contributed by atoms with Crippen molar-refractivity contribution in [2.24, 2.45) is 5.92 Å². The molecule has 31 heavy (non-hydrogen) atoms. The zero-order valence-electron chi connectivity index (χ0n) is 16.8. The first kappa shape index (κ1) is 20.1. The van der Waals surface area contributed by atoms with Crippen molar-refractivity contribution in [3.8, 4) is 6.07 Å². The molecular weight excluding hydrogens is 418 g/mol. The number of rotatable bonds is 5. The first-order chi connectivity index (χ1) is 14.8. The Kier molecular flexibility index (Phi) is 4.60. The Bertz CT molecular complexity index is 1270. The molecule has 1 fully saturated rings. The normalized spacial score (nSPS) is 23.8. The maximum Gasteiger partial charge on any atom is 0.261 e. The molecule has 2 aromatic heterocycles. The van der Waals surface area contributed by atoms with Crippen molar-refractivity contribution in [2.45, 2.75) is 48.5 Å². The van der Waals surface area contributed by atoms with Crippen LogP contribution in [0, 0.1) is 17.2 Å². The quantitative estimate of drug-likeness (QED) is 0.404. The minimum absolute atomic E-state index is 0.0967. The summed E-state index contributed by atoms with van der Waals surface area (Å²) in [6.45, 7) is 1.61. The summed E-state index contributed by atoms with van der Waals surface area (Å²) in [7, 11) is -3.06. The van der Waals surface area contributed by atoms with Crippen LogP contribution in [-0.2, 0) is 0 Å². The third kappa shape index (κ3) is 3.13. The van der Waals surface area contributed by atoms with Gasteiger partial charge in [-0.15, -0.1) is 0 Å². The van der Waals surface area contributed by atoms with Crippen molar-refractivity contribution in [1.29, 1.82) is 5.26 Å². The average molecular weight is 442 g/mol. The number of nitriles is 1. The predicted molar refractivity (Wildman–Crippen MR) is 118 cm³/mol. The Morgan fingerprint density at radius 2 is 2.16 bits per heavy atom. The molecule has 10 heteroatoms. The number of benzene rings is 1. The lowest BCUT2D eigenvalue weighted by Gasteiger charge is -2.33. The van der Waals surface area contributed by atoms with Crippen LogP contribution in [0.4, 0.5) is 11.5 Å². The minimum Gasteiger partial charge on any atom is -0.386 e. The van der Waals surface area contributed by atoms with Gasteiger partial charge >= 0.3 is 0 Å². The van der Waals surface area contributed by atoms with E-state index in [1.165, 1.54) is 0 Å². The van der Waals surface area contributed by atoms with Crippen LogP contribution in [0.5, 0.6) is 0 Å². The van der Waals surface area contributed by atoms with Crippen LogP contribution < -0.4 is 10.9 Å². The zero-order valence-corrected chi connectivity index (χ0v) is 17.6. The molecule has 1 aliphatic heterocycles. The zero-order chi connectivity index (χ0) is 21.9. The Morgan fingerprint density at radius 3 is 2.87 bits per heavy atom. The summed E-state index contributed by atoms with van der Waals surface area (Å²) in [6, 6.07) is 8.84. The van der Waals surface area contributed by atoms with E-state index >= 15 is 0 Å². The number of hydrogen-bond acceptors (Lipinski definition) is 7. The number of nitrogens with zero attached hydrogens (tertiary/aromatic N) is 3. The van der Waals surface area contributed by atoms with E-state index < -0.39 is 21.9 Å². The van der Waals surface area contributed by atoms with E-state index in [0.29, 0.717) is 45.2 Å². The van der Waals surface area contributed by atoms with Gasteiger partial charge in [0, 0.05) is 17.4 Å². The second-order valence-corrected chi connectivity index (χ2v) is 10.6. The molecule has 1 aliphatic carbocycles. The molecule has 0 amide bonds. The number of anilines is 2. The molecule has 3 aromatic rings. The summed E-state index contributed by atoms with van der Waals surface area (Å²) in [6.07, 6.45) is 2.96. The lowest BCUT2D eigenvalue weighted by Crippen LogP contribution is -2.13. The number of nitrogens with one attached hydrogen (secondary N) is 2. The highest BCUT2D eigenvalue weighted by Crippen LogP contribution is 2.63. The van der Waals surface area contributed by atoms with E-state index in [1.54, 1.807) is 42.1 Å². The molecule has 1 saturated carbocycles. The van der Waals surface area contributed by atoms with Gasteiger partial charge in [-0.2, -0.15) is 21.0 Å². The van der Waals surface area contributed by atoms with Gasteiger partial charge in [0.15, 0.2) is 5.82 Å². The highest BCUT2D eigenvalue weighted by Gasteiger charge is 2.41. The summed E-state index contributed by atoms with van der Waals surface area (Å²) in [5.74, 6) is 0.726. The number of pyridine rings is 1. The molecular formula is C21H23N5O4S. The Labute approximate surface area is 179 Å². The van der Waals surface area contributed by atoms with Gasteiger partial charge in [-0.25, -0.2) is 0 Å². The molecule has 2 aliphatic rings. The van der Waals surface area contributed by atoms with E-state index in [-0.39, 0.29) is 11.6 Å². The van der Waals surface area contributed by atoms with Crippen LogP contribution >= 0.6 is 10.6 Å². The molecule has 5 N–H and O–H groups in total. The monoisotopic (exact) mass is 441 g/mol. The Hall–Kier alpha value is -2.84. The fourth-order valence-corrected chi connectivity index (χ4v) is 6.07. The van der Waals surface area contributed by atoms with Gasteiger partial charge < -0.3 is 15.4 Å². The van der Waals surface area contributed by atoms with Gasteiger partial charge in [0.05, 0.1) is 34.2 Å². The van der Waals surface area contributed by atoms with Crippen molar-refractivity contribution in [1.82, 2.24) is 14.8 Å². The first-order valence-corrected chi connectivity index (χ1v) is 11.8. The minimum atomic E-state index is -3.06. The fourth-order valence-electron chi connectivity index (χ4n) is 4.37. The summed E-state index contributed by atoms with van der Waals surface area (Å²) in [5, 5.41) is 27.3. The lowest BCUT2D eigenvalue weighted by atomic mass is 10.1. The molecule has 0 bridgehead atoms. The third-order valence-corrected chi connectivity index (χ3v) is 8.60. The largest absolute Gasteiger partial charge is 0.386 e. The second-order valence-electron chi connectivity index (χ2n) is 8.25. The number of fused-ring (bicyclic) bond motifs is 2. The lowest BCUT2D eigenvalue weighted by molar-refractivity contribution is 0.177. The van der Waals surface area contributed by atoms with Crippen LogP contribution in [0.25, 0.3) is 10.9 Å². The average Bonchev–Trinajstić information content (AvgIpc) is 3.50. The number of aliphatic hydroxyl groups is 1. The van der Waals surface area contributed by atoms with Crippen LogP contribution in [-0.4, -0.2) is 34.2 Å². The van der Waals surface area contributed by atoms with Crippen molar-refractivity contribution >= 4 is 33.0 Å². The van der Waals surface area contributed by atoms with E-state index in [1.807, 2.05) is 0 Å². The van der Waals surface area contributed by atoms with E-state index in [0.717, 1.165) is 12.8 Å². The topological polar surface area (TPSA) is 147 Å². The Balaban J connectivity index is 1.58.